The third kappa shape index (κ3) is 5.27. The van der Waals surface area contributed by atoms with E-state index in [4.69, 9.17) is 32.7 Å². The largest absolute Gasteiger partial charge is 0.493 e. The maximum atomic E-state index is 13.5. The Balaban J connectivity index is 2.00. The third-order valence-electron chi connectivity index (χ3n) is 4.49. The Morgan fingerprint density at radius 2 is 1.59 bits per heavy atom. The summed E-state index contributed by atoms with van der Waals surface area (Å²) >= 11 is 12.1. The quantitative estimate of drug-likeness (QED) is 0.483. The van der Waals surface area contributed by atoms with E-state index in [0.717, 1.165) is 4.31 Å². The van der Waals surface area contributed by atoms with Crippen molar-refractivity contribution in [2.24, 2.45) is 0 Å². The summed E-state index contributed by atoms with van der Waals surface area (Å²) in [6.45, 7) is -0.496. The number of nitrogens with zero attached hydrogens (tertiary/aromatic N) is 1. The molecule has 0 aliphatic rings. The maximum absolute atomic E-state index is 13.5. The van der Waals surface area contributed by atoms with Gasteiger partial charge in [-0.15, -0.1) is 0 Å². The van der Waals surface area contributed by atoms with Gasteiger partial charge in [-0.1, -0.05) is 35.3 Å². The number of nitrogens with one attached hydrogen (secondary N) is 1. The third-order valence-corrected chi connectivity index (χ3v) is 6.84. The molecule has 0 bridgehead atoms. The molecule has 0 saturated heterocycles. The van der Waals surface area contributed by atoms with E-state index in [1.807, 2.05) is 0 Å². The topological polar surface area (TPSA) is 84.9 Å². The van der Waals surface area contributed by atoms with E-state index in [-0.39, 0.29) is 16.3 Å². The number of carbonyl (C=O) groups excluding carboxylic acids is 1. The van der Waals surface area contributed by atoms with Gasteiger partial charge >= 0.3 is 0 Å². The first-order chi connectivity index (χ1) is 15.3. The molecule has 168 valence electrons. The van der Waals surface area contributed by atoms with E-state index in [1.54, 1.807) is 36.4 Å². The summed E-state index contributed by atoms with van der Waals surface area (Å²) in [5.74, 6) is 0.0446. The summed E-state index contributed by atoms with van der Waals surface area (Å²) in [5.41, 5.74) is 0.636. The molecule has 0 heterocycles. The first kappa shape index (κ1) is 23.7. The number of hydrogen-bond acceptors (Lipinski definition) is 5. The van der Waals surface area contributed by atoms with E-state index in [0.29, 0.717) is 21.5 Å². The Labute approximate surface area is 196 Å². The number of para-hydroxylation sites is 1. The molecule has 3 aromatic carbocycles. The molecule has 3 aromatic rings. The van der Waals surface area contributed by atoms with Crippen LogP contribution >= 0.6 is 23.2 Å². The minimum absolute atomic E-state index is 0.0735. The zero-order valence-corrected chi connectivity index (χ0v) is 19.5. The molecule has 0 atom stereocenters. The molecule has 0 spiro atoms. The molecule has 1 N–H and O–H groups in total. The molecule has 7 nitrogen and oxygen atoms in total. The number of halogens is 2. The van der Waals surface area contributed by atoms with Gasteiger partial charge in [-0.2, -0.15) is 0 Å². The second kappa shape index (κ2) is 10.1. The van der Waals surface area contributed by atoms with Crippen molar-refractivity contribution < 1.29 is 22.7 Å². The summed E-state index contributed by atoms with van der Waals surface area (Å²) in [4.78, 5) is 12.7. The molecular formula is C22H20Cl2N2O5S. The molecule has 0 radical (unpaired) electrons. The zero-order chi connectivity index (χ0) is 23.3. The fourth-order valence-corrected chi connectivity index (χ4v) is 4.66. The number of benzene rings is 3. The van der Waals surface area contributed by atoms with Crippen molar-refractivity contribution in [2.75, 3.05) is 30.4 Å². The highest BCUT2D eigenvalue weighted by Gasteiger charge is 2.28. The molecule has 0 aliphatic heterocycles. The van der Waals surface area contributed by atoms with Crippen LogP contribution in [0.1, 0.15) is 0 Å². The number of ether oxygens (including phenoxy) is 2. The summed E-state index contributed by atoms with van der Waals surface area (Å²) in [5, 5.41) is 3.40. The summed E-state index contributed by atoms with van der Waals surface area (Å²) in [6, 6.07) is 17.0. The highest BCUT2D eigenvalue weighted by molar-refractivity contribution is 7.92. The first-order valence-corrected chi connectivity index (χ1v) is 11.5. The van der Waals surface area contributed by atoms with E-state index in [1.165, 1.54) is 44.6 Å². The number of carbonyl (C=O) groups is 1. The predicted octanol–water partition coefficient (Wildman–Crippen LogP) is 4.84. The molecule has 10 heteroatoms. The van der Waals surface area contributed by atoms with Crippen molar-refractivity contribution >= 4 is 50.5 Å². The van der Waals surface area contributed by atoms with Crippen LogP contribution in [-0.4, -0.2) is 35.1 Å². The van der Waals surface area contributed by atoms with Crippen molar-refractivity contribution in [1.82, 2.24) is 0 Å². The lowest BCUT2D eigenvalue weighted by atomic mass is 10.3. The van der Waals surface area contributed by atoms with Crippen LogP contribution in [0.5, 0.6) is 11.5 Å². The molecule has 0 aromatic heterocycles. The SMILES string of the molecule is COc1ccc(S(=O)(=O)N(CC(=O)Nc2ccccc2Cl)c2ccc(Cl)cc2)cc1OC. The van der Waals surface area contributed by atoms with Gasteiger partial charge in [-0.05, 0) is 48.5 Å². The summed E-state index contributed by atoms with van der Waals surface area (Å²) in [7, 11) is -1.31. The number of anilines is 2. The van der Waals surface area contributed by atoms with Crippen LogP contribution in [0.15, 0.2) is 71.6 Å². The average Bonchev–Trinajstić information content (AvgIpc) is 2.79. The van der Waals surface area contributed by atoms with Crippen LogP contribution < -0.4 is 19.1 Å². The molecule has 3 rings (SSSR count). The fraction of sp³-hybridized carbons (Fsp3) is 0.136. The van der Waals surface area contributed by atoms with Gasteiger partial charge < -0.3 is 14.8 Å². The van der Waals surface area contributed by atoms with Crippen molar-refractivity contribution in [1.29, 1.82) is 0 Å². The van der Waals surface area contributed by atoms with Crippen LogP contribution in [0.4, 0.5) is 11.4 Å². The lowest BCUT2D eigenvalue weighted by Gasteiger charge is -2.24. The number of amides is 1. The van der Waals surface area contributed by atoms with Gasteiger partial charge in [-0.25, -0.2) is 8.42 Å². The van der Waals surface area contributed by atoms with Crippen LogP contribution in [0, 0.1) is 0 Å². The number of hydrogen-bond donors (Lipinski definition) is 1. The predicted molar refractivity (Wildman–Crippen MR) is 126 cm³/mol. The summed E-state index contributed by atoms with van der Waals surface area (Å²) in [6.07, 6.45) is 0. The molecule has 0 aliphatic carbocycles. The molecule has 1 amide bonds. The molecule has 0 unspecified atom stereocenters. The van der Waals surface area contributed by atoms with E-state index in [9.17, 15) is 13.2 Å². The molecule has 0 saturated carbocycles. The van der Waals surface area contributed by atoms with Crippen molar-refractivity contribution in [3.63, 3.8) is 0 Å². The zero-order valence-electron chi connectivity index (χ0n) is 17.2. The van der Waals surface area contributed by atoms with Gasteiger partial charge in [0.2, 0.25) is 5.91 Å². The Bertz CT molecular complexity index is 1220. The standard InChI is InChI=1S/C22H20Cl2N2O5S/c1-30-20-12-11-17(13-21(20)31-2)32(28,29)26(16-9-7-15(23)8-10-16)14-22(27)25-19-6-4-3-5-18(19)24/h3-13H,14H2,1-2H3,(H,25,27). The molecule has 0 fully saturated rings. The van der Waals surface area contributed by atoms with Gasteiger partial charge in [0.15, 0.2) is 11.5 Å². The van der Waals surface area contributed by atoms with Gasteiger partial charge in [0, 0.05) is 11.1 Å². The summed E-state index contributed by atoms with van der Waals surface area (Å²) < 4.78 is 38.5. The van der Waals surface area contributed by atoms with Gasteiger partial charge in [-0.3, -0.25) is 9.10 Å². The van der Waals surface area contributed by atoms with Crippen molar-refractivity contribution in [3.05, 3.63) is 76.8 Å². The average molecular weight is 495 g/mol. The number of sulfonamides is 1. The lowest BCUT2D eigenvalue weighted by molar-refractivity contribution is -0.114. The van der Waals surface area contributed by atoms with Crippen LogP contribution in [0.2, 0.25) is 10.0 Å². The number of methoxy groups -OCH3 is 2. The number of rotatable bonds is 8. The van der Waals surface area contributed by atoms with E-state index >= 15 is 0 Å². The second-order valence-corrected chi connectivity index (χ2v) is 9.24. The van der Waals surface area contributed by atoms with E-state index < -0.39 is 22.5 Å². The normalized spacial score (nSPS) is 11.0. The Kier molecular flexibility index (Phi) is 7.50. The molecule has 32 heavy (non-hydrogen) atoms. The van der Waals surface area contributed by atoms with Gasteiger partial charge in [0.1, 0.15) is 6.54 Å². The van der Waals surface area contributed by atoms with Crippen LogP contribution in [0.3, 0.4) is 0 Å². The first-order valence-electron chi connectivity index (χ1n) is 9.31. The Morgan fingerprint density at radius 3 is 2.22 bits per heavy atom. The Hall–Kier alpha value is -2.94. The van der Waals surface area contributed by atoms with E-state index in [2.05, 4.69) is 5.32 Å². The lowest BCUT2D eigenvalue weighted by Crippen LogP contribution is -2.38. The second-order valence-electron chi connectivity index (χ2n) is 6.53. The van der Waals surface area contributed by atoms with Gasteiger partial charge in [0.25, 0.3) is 10.0 Å². The van der Waals surface area contributed by atoms with Crippen LogP contribution in [0.25, 0.3) is 0 Å². The van der Waals surface area contributed by atoms with Gasteiger partial charge in [0.05, 0.1) is 35.5 Å². The van der Waals surface area contributed by atoms with Crippen molar-refractivity contribution in [2.45, 2.75) is 4.90 Å². The molecular weight excluding hydrogens is 475 g/mol. The van der Waals surface area contributed by atoms with Crippen LogP contribution in [-0.2, 0) is 14.8 Å². The minimum Gasteiger partial charge on any atom is -0.493 e. The smallest absolute Gasteiger partial charge is 0.264 e. The maximum Gasteiger partial charge on any atom is 0.264 e. The minimum atomic E-state index is -4.16. The Morgan fingerprint density at radius 1 is 0.938 bits per heavy atom. The fourth-order valence-electron chi connectivity index (χ4n) is 2.91. The monoisotopic (exact) mass is 494 g/mol. The highest BCUT2D eigenvalue weighted by atomic mass is 35.5. The highest BCUT2D eigenvalue weighted by Crippen LogP contribution is 2.32. The van der Waals surface area contributed by atoms with Crippen molar-refractivity contribution in [3.8, 4) is 11.5 Å².